The van der Waals surface area contributed by atoms with Crippen LogP contribution in [0.1, 0.15) is 41.0 Å². The molecule has 3 aromatic carbocycles. The molecule has 6 nitrogen and oxygen atoms in total. The molecule has 2 unspecified atom stereocenters. The maximum atomic E-state index is 13.5. The molecule has 4 aliphatic rings. The minimum atomic E-state index is -0.541. The van der Waals surface area contributed by atoms with Crippen molar-refractivity contribution in [1.29, 1.82) is 0 Å². The van der Waals surface area contributed by atoms with Gasteiger partial charge in [-0.25, -0.2) is 4.79 Å². The van der Waals surface area contributed by atoms with Gasteiger partial charge in [0.1, 0.15) is 12.7 Å². The largest absolute Gasteiger partial charge is 0.493 e. The summed E-state index contributed by atoms with van der Waals surface area (Å²) in [6, 6.07) is 20.7. The summed E-state index contributed by atoms with van der Waals surface area (Å²) in [4.78, 5) is 15.3. The van der Waals surface area contributed by atoms with Gasteiger partial charge < -0.3 is 24.2 Å². The van der Waals surface area contributed by atoms with Gasteiger partial charge in [-0.15, -0.1) is 0 Å². The van der Waals surface area contributed by atoms with Crippen molar-refractivity contribution in [2.75, 3.05) is 20.3 Å². The zero-order valence-electron chi connectivity index (χ0n) is 20.7. The molecule has 7 rings (SSSR count). The van der Waals surface area contributed by atoms with E-state index in [0.29, 0.717) is 38.3 Å². The van der Waals surface area contributed by atoms with Gasteiger partial charge in [0.15, 0.2) is 11.5 Å². The monoisotopic (exact) mass is 495 g/mol. The van der Waals surface area contributed by atoms with E-state index in [1.54, 1.807) is 12.0 Å². The zero-order chi connectivity index (χ0) is 25.1. The third kappa shape index (κ3) is 3.32. The van der Waals surface area contributed by atoms with Crippen LogP contribution in [-0.4, -0.2) is 48.6 Å². The Morgan fingerprint density at radius 2 is 1.81 bits per heavy atom. The molecule has 1 N–H and O–H groups in total. The molecular weight excluding hydrogens is 466 g/mol. The maximum absolute atomic E-state index is 13.5. The lowest BCUT2D eigenvalue weighted by atomic mass is 9.69. The van der Waals surface area contributed by atoms with Crippen LogP contribution in [-0.2, 0) is 16.7 Å². The second kappa shape index (κ2) is 8.38. The summed E-state index contributed by atoms with van der Waals surface area (Å²) >= 11 is 0. The molecule has 0 aromatic heterocycles. The quantitative estimate of drug-likeness (QED) is 0.508. The van der Waals surface area contributed by atoms with Crippen LogP contribution in [0.3, 0.4) is 0 Å². The van der Waals surface area contributed by atoms with Gasteiger partial charge in [-0.05, 0) is 40.3 Å². The van der Waals surface area contributed by atoms with Gasteiger partial charge in [0.2, 0.25) is 0 Å². The average molecular weight is 496 g/mol. The Labute approximate surface area is 216 Å². The molecule has 0 saturated carbocycles. The van der Waals surface area contributed by atoms with Crippen LogP contribution in [0.25, 0.3) is 11.1 Å². The first kappa shape index (κ1) is 22.4. The molecular formula is C31H29NO5. The third-order valence-electron chi connectivity index (χ3n) is 8.55. The van der Waals surface area contributed by atoms with Crippen molar-refractivity contribution in [3.8, 4) is 22.6 Å². The molecule has 0 bridgehead atoms. The predicted molar refractivity (Wildman–Crippen MR) is 139 cm³/mol. The molecule has 0 saturated heterocycles. The highest BCUT2D eigenvalue weighted by atomic mass is 16.6. The van der Waals surface area contributed by atoms with Crippen LogP contribution in [0.15, 0.2) is 72.8 Å². The van der Waals surface area contributed by atoms with Gasteiger partial charge in [-0.3, -0.25) is 0 Å². The Hall–Kier alpha value is -3.77. The van der Waals surface area contributed by atoms with Gasteiger partial charge in [0.05, 0.1) is 18.6 Å². The highest BCUT2D eigenvalue weighted by Crippen LogP contribution is 2.55. The summed E-state index contributed by atoms with van der Waals surface area (Å²) in [5.41, 5.74) is 6.55. The number of fused-ring (bicyclic) bond motifs is 3. The summed E-state index contributed by atoms with van der Waals surface area (Å²) in [7, 11) is 1.64. The van der Waals surface area contributed by atoms with E-state index in [-0.39, 0.29) is 18.1 Å². The number of hydrogen-bond donors (Lipinski definition) is 1. The molecule has 37 heavy (non-hydrogen) atoms. The summed E-state index contributed by atoms with van der Waals surface area (Å²) in [5, 5.41) is 10.3. The van der Waals surface area contributed by atoms with Crippen molar-refractivity contribution in [1.82, 2.24) is 4.90 Å². The number of carbonyl (C=O) groups excluding carboxylic acids is 1. The second-order valence-corrected chi connectivity index (χ2v) is 10.4. The highest BCUT2D eigenvalue weighted by Gasteiger charge is 2.53. The van der Waals surface area contributed by atoms with Crippen LogP contribution < -0.4 is 9.47 Å². The number of rotatable bonds is 3. The van der Waals surface area contributed by atoms with Crippen molar-refractivity contribution >= 4 is 6.09 Å². The first-order valence-corrected chi connectivity index (χ1v) is 12.9. The average Bonchev–Trinajstić information content (AvgIpc) is 3.36. The Kier molecular flexibility index (Phi) is 5.08. The minimum absolute atomic E-state index is 0.0252. The maximum Gasteiger partial charge on any atom is 0.410 e. The van der Waals surface area contributed by atoms with E-state index in [0.717, 1.165) is 16.9 Å². The van der Waals surface area contributed by atoms with Crippen LogP contribution in [0.2, 0.25) is 0 Å². The predicted octanol–water partition coefficient (Wildman–Crippen LogP) is 5.17. The number of amides is 1. The number of hydrogen-bond acceptors (Lipinski definition) is 5. The Morgan fingerprint density at radius 3 is 2.54 bits per heavy atom. The fourth-order valence-corrected chi connectivity index (χ4v) is 6.78. The Bertz CT molecular complexity index is 1390. The number of benzene rings is 3. The lowest BCUT2D eigenvalue weighted by molar-refractivity contribution is 0.0740. The van der Waals surface area contributed by atoms with Gasteiger partial charge in [0.25, 0.3) is 0 Å². The number of carbonyl (C=O) groups is 1. The lowest BCUT2D eigenvalue weighted by Crippen LogP contribution is -2.43. The van der Waals surface area contributed by atoms with Crippen molar-refractivity contribution in [3.63, 3.8) is 0 Å². The summed E-state index contributed by atoms with van der Waals surface area (Å²) in [6.45, 7) is 1.28. The SMILES string of the molecule is COc1ccc2c3c1OC1C[C@@H](O)C=CC31CCN(C(=O)OCC1c3ccccc3-c3ccccc31)C2. The van der Waals surface area contributed by atoms with E-state index in [1.165, 1.54) is 22.3 Å². The van der Waals surface area contributed by atoms with E-state index >= 15 is 0 Å². The number of aliphatic hydroxyl groups excluding tert-OH is 1. The molecule has 1 spiro atoms. The van der Waals surface area contributed by atoms with E-state index < -0.39 is 11.5 Å². The molecule has 3 atom stereocenters. The van der Waals surface area contributed by atoms with Gasteiger partial charge in [-0.1, -0.05) is 66.7 Å². The topological polar surface area (TPSA) is 68.2 Å². The van der Waals surface area contributed by atoms with E-state index in [4.69, 9.17) is 14.2 Å². The Balaban J connectivity index is 1.16. The summed E-state index contributed by atoms with van der Waals surface area (Å²) in [5.74, 6) is 1.44. The van der Waals surface area contributed by atoms with Crippen LogP contribution in [0, 0.1) is 0 Å². The van der Waals surface area contributed by atoms with Crippen LogP contribution >= 0.6 is 0 Å². The van der Waals surface area contributed by atoms with E-state index in [9.17, 15) is 9.90 Å². The van der Waals surface area contributed by atoms with Gasteiger partial charge >= 0.3 is 6.09 Å². The lowest BCUT2D eigenvalue weighted by Gasteiger charge is -2.35. The van der Waals surface area contributed by atoms with Crippen molar-refractivity contribution < 1.29 is 24.1 Å². The van der Waals surface area contributed by atoms with E-state index in [1.807, 2.05) is 30.3 Å². The molecule has 188 valence electrons. The molecule has 2 aliphatic heterocycles. The smallest absolute Gasteiger partial charge is 0.410 e. The molecule has 1 amide bonds. The first-order valence-electron chi connectivity index (χ1n) is 12.9. The number of ether oxygens (including phenoxy) is 3. The molecule has 0 fully saturated rings. The Morgan fingerprint density at radius 1 is 1.08 bits per heavy atom. The van der Waals surface area contributed by atoms with E-state index in [2.05, 4.69) is 42.5 Å². The standard InChI is InChI=1S/C31H29NO5/c1-35-26-11-10-19-17-32(15-14-31-13-12-20(33)16-27(31)37-29(26)28(19)31)30(34)36-18-25-23-8-4-2-6-21(23)22-7-3-5-9-24(22)25/h2-13,20,25,27,33H,14-18H2,1H3/t20-,27?,31?/m0/s1. The van der Waals surface area contributed by atoms with Crippen molar-refractivity contribution in [3.05, 3.63) is 95.1 Å². The summed E-state index contributed by atoms with van der Waals surface area (Å²) < 4.78 is 18.0. The minimum Gasteiger partial charge on any atom is -0.493 e. The second-order valence-electron chi connectivity index (χ2n) is 10.4. The normalized spacial score (nSPS) is 24.9. The molecule has 3 aromatic rings. The number of methoxy groups -OCH3 is 1. The third-order valence-corrected chi connectivity index (χ3v) is 8.55. The van der Waals surface area contributed by atoms with Crippen LogP contribution in [0.4, 0.5) is 4.79 Å². The summed E-state index contributed by atoms with van der Waals surface area (Å²) in [6.07, 6.45) is 4.11. The van der Waals surface area contributed by atoms with Crippen LogP contribution in [0.5, 0.6) is 11.5 Å². The fourth-order valence-electron chi connectivity index (χ4n) is 6.78. The molecule has 0 radical (unpaired) electrons. The van der Waals surface area contributed by atoms with Gasteiger partial charge in [0, 0.05) is 31.0 Å². The van der Waals surface area contributed by atoms with Crippen molar-refractivity contribution in [2.45, 2.75) is 42.9 Å². The molecule has 2 heterocycles. The molecule has 6 heteroatoms. The van der Waals surface area contributed by atoms with Crippen molar-refractivity contribution in [2.24, 2.45) is 0 Å². The molecule has 2 aliphatic carbocycles. The highest BCUT2D eigenvalue weighted by molar-refractivity contribution is 5.79. The number of aliphatic hydroxyl groups is 1. The fraction of sp³-hybridized carbons (Fsp3) is 0.323. The first-order chi connectivity index (χ1) is 18.1. The number of nitrogens with zero attached hydrogens (tertiary/aromatic N) is 1. The van der Waals surface area contributed by atoms with Gasteiger partial charge in [-0.2, -0.15) is 0 Å². The zero-order valence-corrected chi connectivity index (χ0v) is 20.7.